The van der Waals surface area contributed by atoms with Crippen LogP contribution in [0.5, 0.6) is 0 Å². The number of carbonyl (C=O) groups excluding carboxylic acids is 3. The van der Waals surface area contributed by atoms with Crippen molar-refractivity contribution in [2.24, 2.45) is 5.73 Å². The molecule has 0 aromatic carbocycles. The summed E-state index contributed by atoms with van der Waals surface area (Å²) in [5, 5.41) is 2.50. The van der Waals surface area contributed by atoms with Crippen LogP contribution in [0.4, 0.5) is 4.79 Å². The number of carbonyl (C=O) groups is 3. The van der Waals surface area contributed by atoms with E-state index in [1.165, 1.54) is 7.85 Å². The molecule has 1 saturated heterocycles. The fourth-order valence-electron chi connectivity index (χ4n) is 1.22. The number of nitrogens with one attached hydrogen (secondary N) is 1. The molecule has 0 aliphatic carbocycles. The zero-order valence-corrected chi connectivity index (χ0v) is 8.89. The molecule has 0 saturated carbocycles. The van der Waals surface area contributed by atoms with Gasteiger partial charge in [-0.2, -0.15) is 0 Å². The minimum Gasteiger partial charge on any atom is -0.463 e. The monoisotopic (exact) mass is 228 g/mol. The lowest BCUT2D eigenvalue weighted by atomic mass is 10.1. The standard InChI is InChI=1S/C8H13BN2O5/c9-8(14)11-4-2-15-6(12)1-5(10)7(13)16-3-4/h4-5H,1-3,9-10H2,(H,11,14). The van der Waals surface area contributed by atoms with Crippen LogP contribution in [0, 0.1) is 0 Å². The summed E-state index contributed by atoms with van der Waals surface area (Å²) in [4.78, 5) is 33.2. The van der Waals surface area contributed by atoms with E-state index in [2.05, 4.69) is 5.32 Å². The molecule has 0 bridgehead atoms. The summed E-state index contributed by atoms with van der Waals surface area (Å²) in [6.07, 6.45) is -0.217. The van der Waals surface area contributed by atoms with Crippen molar-refractivity contribution in [1.82, 2.24) is 5.32 Å². The maximum Gasteiger partial charge on any atom is 0.323 e. The molecule has 1 heterocycles. The molecule has 88 valence electrons. The topological polar surface area (TPSA) is 108 Å². The third-order valence-electron chi connectivity index (χ3n) is 1.97. The Morgan fingerprint density at radius 3 is 2.62 bits per heavy atom. The lowest BCUT2D eigenvalue weighted by molar-refractivity contribution is -0.148. The van der Waals surface area contributed by atoms with Crippen LogP contribution in [0.15, 0.2) is 0 Å². The molecule has 1 aliphatic rings. The van der Waals surface area contributed by atoms with Crippen molar-refractivity contribution in [2.75, 3.05) is 13.2 Å². The molecule has 1 amide bonds. The van der Waals surface area contributed by atoms with Crippen LogP contribution in [0.25, 0.3) is 0 Å². The van der Waals surface area contributed by atoms with Crippen LogP contribution < -0.4 is 11.1 Å². The Labute approximate surface area is 93.0 Å². The van der Waals surface area contributed by atoms with E-state index in [-0.39, 0.29) is 25.4 Å². The van der Waals surface area contributed by atoms with Gasteiger partial charge in [-0.3, -0.25) is 14.4 Å². The van der Waals surface area contributed by atoms with Crippen molar-refractivity contribution >= 4 is 25.6 Å². The SMILES string of the molecule is BC(=O)NC1COC(=O)CC(N)C(=O)OC1. The number of amides is 1. The zero-order valence-electron chi connectivity index (χ0n) is 8.89. The molecule has 0 spiro atoms. The van der Waals surface area contributed by atoms with E-state index in [9.17, 15) is 14.4 Å². The summed E-state index contributed by atoms with van der Waals surface area (Å²) < 4.78 is 9.66. The van der Waals surface area contributed by atoms with E-state index in [4.69, 9.17) is 15.2 Å². The Kier molecular flexibility index (Phi) is 4.30. The van der Waals surface area contributed by atoms with Crippen molar-refractivity contribution in [3.63, 3.8) is 0 Å². The summed E-state index contributed by atoms with van der Waals surface area (Å²) in [5.41, 5.74) is 5.39. The molecule has 1 fully saturated rings. The van der Waals surface area contributed by atoms with E-state index in [1.807, 2.05) is 0 Å². The Bertz CT molecular complexity index is 309. The van der Waals surface area contributed by atoms with Gasteiger partial charge in [0, 0.05) is 0 Å². The maximum atomic E-state index is 11.2. The van der Waals surface area contributed by atoms with Gasteiger partial charge in [0.15, 0.2) is 5.81 Å². The Hall–Kier alpha value is -1.57. The van der Waals surface area contributed by atoms with Gasteiger partial charge in [0.05, 0.1) is 12.5 Å². The van der Waals surface area contributed by atoms with E-state index >= 15 is 0 Å². The Morgan fingerprint density at radius 1 is 1.38 bits per heavy atom. The number of hydrogen-bond donors (Lipinski definition) is 2. The van der Waals surface area contributed by atoms with Crippen LogP contribution >= 0.6 is 0 Å². The summed E-state index contributed by atoms with van der Waals surface area (Å²) in [6.45, 7) is -0.0855. The highest BCUT2D eigenvalue weighted by atomic mass is 16.6. The molecule has 1 rings (SSSR count). The minimum absolute atomic E-state index is 0.0294. The molecule has 16 heavy (non-hydrogen) atoms. The fraction of sp³-hybridized carbons (Fsp3) is 0.625. The fourth-order valence-corrected chi connectivity index (χ4v) is 1.22. The van der Waals surface area contributed by atoms with Gasteiger partial charge in [-0.05, 0) is 0 Å². The maximum absolute atomic E-state index is 11.2. The van der Waals surface area contributed by atoms with E-state index < -0.39 is 24.0 Å². The first-order chi connectivity index (χ1) is 7.49. The number of hydrogen-bond acceptors (Lipinski definition) is 6. The lowest BCUT2D eigenvalue weighted by Gasteiger charge is -2.16. The van der Waals surface area contributed by atoms with Crippen molar-refractivity contribution < 1.29 is 23.9 Å². The van der Waals surface area contributed by atoms with Gasteiger partial charge >= 0.3 is 11.9 Å². The van der Waals surface area contributed by atoms with Crippen molar-refractivity contribution in [1.29, 1.82) is 0 Å². The molecule has 8 heteroatoms. The molecule has 0 radical (unpaired) electrons. The van der Waals surface area contributed by atoms with Gasteiger partial charge in [-0.25, -0.2) is 0 Å². The van der Waals surface area contributed by atoms with E-state index in [0.717, 1.165) is 0 Å². The molecule has 2 unspecified atom stereocenters. The average Bonchev–Trinajstić information content (AvgIpc) is 2.24. The van der Waals surface area contributed by atoms with Gasteiger partial charge in [0.2, 0.25) is 7.85 Å². The first-order valence-electron chi connectivity index (χ1n) is 4.84. The molecule has 2 atom stereocenters. The quantitative estimate of drug-likeness (QED) is 0.380. The third-order valence-corrected chi connectivity index (χ3v) is 1.97. The molecular weight excluding hydrogens is 215 g/mol. The lowest BCUT2D eigenvalue weighted by Crippen LogP contribution is -2.42. The summed E-state index contributed by atoms with van der Waals surface area (Å²) >= 11 is 0. The summed E-state index contributed by atoms with van der Waals surface area (Å²) in [6, 6.07) is -1.54. The minimum atomic E-state index is -1.01. The smallest absolute Gasteiger partial charge is 0.323 e. The van der Waals surface area contributed by atoms with Crippen LogP contribution in [-0.2, 0) is 19.1 Å². The second kappa shape index (κ2) is 5.50. The van der Waals surface area contributed by atoms with Crippen LogP contribution in [0.3, 0.4) is 0 Å². The van der Waals surface area contributed by atoms with E-state index in [0.29, 0.717) is 0 Å². The number of rotatable bonds is 1. The van der Waals surface area contributed by atoms with Gasteiger partial charge in [-0.15, -0.1) is 0 Å². The van der Waals surface area contributed by atoms with Crippen molar-refractivity contribution in [3.8, 4) is 0 Å². The Balaban J connectivity index is 2.61. The predicted octanol–water partition coefficient (Wildman–Crippen LogP) is -2.48. The molecule has 0 aromatic rings. The largest absolute Gasteiger partial charge is 0.463 e. The normalized spacial score (nSPS) is 26.8. The number of nitrogens with two attached hydrogens (primary N) is 1. The van der Waals surface area contributed by atoms with Crippen molar-refractivity contribution in [3.05, 3.63) is 0 Å². The summed E-state index contributed by atoms with van der Waals surface area (Å²) in [7, 11) is 1.32. The van der Waals surface area contributed by atoms with Crippen LogP contribution in [-0.4, -0.2) is 50.9 Å². The third kappa shape index (κ3) is 3.89. The molecule has 0 aromatic heterocycles. The molecular formula is C8H13BN2O5. The van der Waals surface area contributed by atoms with E-state index in [1.54, 1.807) is 0 Å². The van der Waals surface area contributed by atoms with Gasteiger partial charge in [0.1, 0.15) is 19.3 Å². The van der Waals surface area contributed by atoms with Crippen LogP contribution in [0.1, 0.15) is 6.42 Å². The molecule has 3 N–H and O–H groups in total. The number of esters is 2. The van der Waals surface area contributed by atoms with Crippen molar-refractivity contribution in [2.45, 2.75) is 18.5 Å². The molecule has 7 nitrogen and oxygen atoms in total. The van der Waals surface area contributed by atoms with Gasteiger partial charge in [0.25, 0.3) is 0 Å². The number of ether oxygens (including phenoxy) is 2. The summed E-state index contributed by atoms with van der Waals surface area (Å²) in [5.74, 6) is -1.54. The molecule has 1 aliphatic heterocycles. The highest BCUT2D eigenvalue weighted by Crippen LogP contribution is 2.01. The highest BCUT2D eigenvalue weighted by molar-refractivity contribution is 6.57. The first kappa shape index (κ1) is 12.5. The van der Waals surface area contributed by atoms with Gasteiger partial charge < -0.3 is 20.5 Å². The van der Waals surface area contributed by atoms with Crippen LogP contribution in [0.2, 0.25) is 0 Å². The average molecular weight is 228 g/mol. The first-order valence-corrected chi connectivity index (χ1v) is 4.84. The second-order valence-corrected chi connectivity index (χ2v) is 3.52. The Morgan fingerprint density at radius 2 is 2.00 bits per heavy atom. The second-order valence-electron chi connectivity index (χ2n) is 3.52. The van der Waals surface area contributed by atoms with Gasteiger partial charge in [-0.1, -0.05) is 0 Å². The number of cyclic esters (lactones) is 2. The zero-order chi connectivity index (χ0) is 12.1. The predicted molar refractivity (Wildman–Crippen MR) is 55.4 cm³/mol. The highest BCUT2D eigenvalue weighted by Gasteiger charge is 2.25.